The van der Waals surface area contributed by atoms with Crippen molar-refractivity contribution in [3.05, 3.63) is 30.3 Å². The Hall–Kier alpha value is -2.04. The van der Waals surface area contributed by atoms with Crippen LogP contribution in [-0.2, 0) is 0 Å². The van der Waals surface area contributed by atoms with Gasteiger partial charge in [-0.15, -0.1) is 0 Å². The summed E-state index contributed by atoms with van der Waals surface area (Å²) in [4.78, 5) is 20.3. The lowest BCUT2D eigenvalue weighted by atomic mass is 9.85. The fourth-order valence-electron chi connectivity index (χ4n) is 3.42. The Morgan fingerprint density at radius 1 is 1.24 bits per heavy atom. The highest BCUT2D eigenvalue weighted by atomic mass is 16.2. The van der Waals surface area contributed by atoms with E-state index in [2.05, 4.69) is 41.1 Å². The van der Waals surface area contributed by atoms with Gasteiger partial charge in [-0.1, -0.05) is 25.1 Å². The van der Waals surface area contributed by atoms with Crippen molar-refractivity contribution in [2.75, 3.05) is 24.5 Å². The van der Waals surface area contributed by atoms with E-state index in [0.29, 0.717) is 5.84 Å². The fraction of sp³-hybridized carbons (Fsp3) is 0.500. The first-order valence-electron chi connectivity index (χ1n) is 7.63. The maximum Gasteiger partial charge on any atom is 0.346 e. The van der Waals surface area contributed by atoms with Gasteiger partial charge in [0.15, 0.2) is 0 Å². The Balaban J connectivity index is 1.77. The number of amides is 2. The molecule has 0 aliphatic carbocycles. The van der Waals surface area contributed by atoms with Crippen molar-refractivity contribution in [1.82, 2.24) is 4.90 Å². The molecule has 3 rings (SSSR count). The van der Waals surface area contributed by atoms with Gasteiger partial charge in [0, 0.05) is 25.3 Å². The van der Waals surface area contributed by atoms with Crippen LogP contribution in [0.4, 0.5) is 10.5 Å². The zero-order valence-corrected chi connectivity index (χ0v) is 12.5. The average molecular weight is 286 g/mol. The van der Waals surface area contributed by atoms with E-state index in [1.54, 1.807) is 0 Å². The molecule has 1 saturated heterocycles. The number of nitrogens with zero attached hydrogens (tertiary/aromatic N) is 3. The van der Waals surface area contributed by atoms with Gasteiger partial charge >= 0.3 is 6.03 Å². The molecule has 112 valence electrons. The van der Waals surface area contributed by atoms with Crippen molar-refractivity contribution in [1.29, 1.82) is 0 Å². The number of aliphatic imine (C=N–C) groups is 1. The molecule has 0 bridgehead atoms. The van der Waals surface area contributed by atoms with Gasteiger partial charge in [-0.25, -0.2) is 4.79 Å². The van der Waals surface area contributed by atoms with Crippen LogP contribution in [0.1, 0.15) is 26.2 Å². The molecule has 0 radical (unpaired) electrons. The van der Waals surface area contributed by atoms with Crippen molar-refractivity contribution in [2.24, 2.45) is 10.7 Å². The van der Waals surface area contributed by atoms with Gasteiger partial charge in [0.1, 0.15) is 11.4 Å². The third kappa shape index (κ3) is 2.26. The lowest BCUT2D eigenvalue weighted by molar-refractivity contribution is 0.153. The zero-order valence-electron chi connectivity index (χ0n) is 12.5. The molecule has 2 amide bonds. The molecule has 2 heterocycles. The maximum atomic E-state index is 12.0. The molecular weight excluding hydrogens is 264 g/mol. The minimum absolute atomic E-state index is 0.164. The Kier molecular flexibility index (Phi) is 3.57. The van der Waals surface area contributed by atoms with Gasteiger partial charge in [0.05, 0.1) is 0 Å². The van der Waals surface area contributed by atoms with E-state index in [1.165, 1.54) is 5.69 Å². The predicted molar refractivity (Wildman–Crippen MR) is 84.6 cm³/mol. The molecule has 0 unspecified atom stereocenters. The third-order valence-electron chi connectivity index (χ3n) is 4.60. The van der Waals surface area contributed by atoms with Gasteiger partial charge in [0.2, 0.25) is 0 Å². The van der Waals surface area contributed by atoms with Gasteiger partial charge in [-0.05, 0) is 31.4 Å². The van der Waals surface area contributed by atoms with E-state index in [0.717, 1.165) is 38.9 Å². The van der Waals surface area contributed by atoms with Crippen LogP contribution in [0, 0.1) is 0 Å². The number of hydrogen-bond donors (Lipinski definition) is 1. The summed E-state index contributed by atoms with van der Waals surface area (Å²) in [5, 5.41) is 0. The molecule has 21 heavy (non-hydrogen) atoms. The Morgan fingerprint density at radius 2 is 1.90 bits per heavy atom. The normalized spacial score (nSPS) is 21.0. The summed E-state index contributed by atoms with van der Waals surface area (Å²) in [6, 6.07) is 10.2. The van der Waals surface area contributed by atoms with Gasteiger partial charge in [-0.2, -0.15) is 4.99 Å². The fourth-order valence-corrected chi connectivity index (χ4v) is 3.42. The molecule has 5 nitrogen and oxygen atoms in total. The molecule has 5 heteroatoms. The number of carbonyl (C=O) groups excluding carboxylic acids is 1. The molecule has 2 N–H and O–H groups in total. The minimum Gasteiger partial charge on any atom is -0.385 e. The monoisotopic (exact) mass is 286 g/mol. The van der Waals surface area contributed by atoms with Crippen LogP contribution in [-0.4, -0.2) is 41.9 Å². The summed E-state index contributed by atoms with van der Waals surface area (Å²) in [5.41, 5.74) is 6.99. The van der Waals surface area contributed by atoms with Crippen LogP contribution in [0.2, 0.25) is 0 Å². The first-order valence-corrected chi connectivity index (χ1v) is 7.63. The summed E-state index contributed by atoms with van der Waals surface area (Å²) in [6.45, 7) is 4.60. The first-order chi connectivity index (χ1) is 10.2. The van der Waals surface area contributed by atoms with Crippen LogP contribution in [0.3, 0.4) is 0 Å². The number of para-hydroxylation sites is 1. The largest absolute Gasteiger partial charge is 0.385 e. The van der Waals surface area contributed by atoms with Crippen LogP contribution >= 0.6 is 0 Å². The molecule has 0 atom stereocenters. The molecule has 1 aromatic rings. The molecular formula is C16H22N4O. The maximum absolute atomic E-state index is 12.0. The van der Waals surface area contributed by atoms with Crippen molar-refractivity contribution < 1.29 is 4.79 Å². The lowest BCUT2D eigenvalue weighted by Gasteiger charge is -2.45. The molecule has 1 fully saturated rings. The molecule has 0 saturated carbocycles. The quantitative estimate of drug-likeness (QED) is 0.927. The van der Waals surface area contributed by atoms with Crippen molar-refractivity contribution in [3.8, 4) is 0 Å². The summed E-state index contributed by atoms with van der Waals surface area (Å²) < 4.78 is 0. The van der Waals surface area contributed by atoms with E-state index in [-0.39, 0.29) is 11.6 Å². The number of piperidine rings is 1. The number of carbonyl (C=O) groups is 1. The first kappa shape index (κ1) is 13.9. The van der Waals surface area contributed by atoms with Crippen molar-refractivity contribution >= 4 is 17.6 Å². The predicted octanol–water partition coefficient (Wildman–Crippen LogP) is 2.23. The molecule has 1 aromatic carbocycles. The lowest BCUT2D eigenvalue weighted by Crippen LogP contribution is -2.59. The van der Waals surface area contributed by atoms with Crippen LogP contribution in [0.5, 0.6) is 0 Å². The highest BCUT2D eigenvalue weighted by Crippen LogP contribution is 2.35. The average Bonchev–Trinajstić information content (AvgIpc) is 2.74. The second kappa shape index (κ2) is 5.39. The molecule has 0 aromatic heterocycles. The summed E-state index contributed by atoms with van der Waals surface area (Å²) in [7, 11) is 0. The highest BCUT2D eigenvalue weighted by Gasteiger charge is 2.49. The molecule has 2 aliphatic heterocycles. The van der Waals surface area contributed by atoms with Crippen LogP contribution < -0.4 is 10.6 Å². The Morgan fingerprint density at radius 3 is 2.52 bits per heavy atom. The van der Waals surface area contributed by atoms with E-state index < -0.39 is 0 Å². The van der Waals surface area contributed by atoms with Gasteiger partial charge in [0.25, 0.3) is 0 Å². The van der Waals surface area contributed by atoms with E-state index in [1.807, 2.05) is 11.0 Å². The second-order valence-corrected chi connectivity index (χ2v) is 5.79. The number of anilines is 1. The number of benzene rings is 1. The number of rotatable bonds is 3. The minimum atomic E-state index is -0.349. The standard InChI is InChI=1S/C16H22N4O/c1-2-10-20-15(21)18-14(17)16(20)8-11-19(12-9-16)13-6-4-3-5-7-13/h3-7H,2,8-12H2,1H3,(H2,17,18,21). The smallest absolute Gasteiger partial charge is 0.346 e. The molecule has 2 aliphatic rings. The van der Waals surface area contributed by atoms with E-state index in [4.69, 9.17) is 5.73 Å². The van der Waals surface area contributed by atoms with Crippen LogP contribution in [0.25, 0.3) is 0 Å². The second-order valence-electron chi connectivity index (χ2n) is 5.79. The van der Waals surface area contributed by atoms with E-state index >= 15 is 0 Å². The van der Waals surface area contributed by atoms with Crippen LogP contribution in [0.15, 0.2) is 35.3 Å². The summed E-state index contributed by atoms with van der Waals surface area (Å²) in [6.07, 6.45) is 2.63. The summed E-state index contributed by atoms with van der Waals surface area (Å²) in [5.74, 6) is 0.508. The van der Waals surface area contributed by atoms with Crippen molar-refractivity contribution in [3.63, 3.8) is 0 Å². The Bertz CT molecular complexity index is 547. The topological polar surface area (TPSA) is 61.9 Å². The highest BCUT2D eigenvalue weighted by molar-refractivity contribution is 6.06. The summed E-state index contributed by atoms with van der Waals surface area (Å²) >= 11 is 0. The van der Waals surface area contributed by atoms with E-state index in [9.17, 15) is 4.79 Å². The number of amidine groups is 1. The van der Waals surface area contributed by atoms with Gasteiger partial charge < -0.3 is 15.5 Å². The molecule has 1 spiro atoms. The number of urea groups is 1. The SMILES string of the molecule is CCCN1C(=O)N=C(N)C12CCN(c1ccccc1)CC2. The third-order valence-corrected chi connectivity index (χ3v) is 4.60. The zero-order chi connectivity index (χ0) is 14.9. The number of hydrogen-bond acceptors (Lipinski definition) is 3. The van der Waals surface area contributed by atoms with Crippen molar-refractivity contribution in [2.45, 2.75) is 31.7 Å². The Labute approximate surface area is 125 Å². The number of nitrogens with two attached hydrogens (primary N) is 1. The van der Waals surface area contributed by atoms with Gasteiger partial charge in [-0.3, -0.25) is 0 Å².